The molecular formula is C13H9NO3S. The van der Waals surface area contributed by atoms with Gasteiger partial charge in [-0.15, -0.1) is 11.3 Å². The molecule has 5 heteroatoms. The monoisotopic (exact) mass is 259 g/mol. The van der Waals surface area contributed by atoms with E-state index in [1.54, 1.807) is 34.2 Å². The predicted molar refractivity (Wildman–Crippen MR) is 69.3 cm³/mol. The second-order valence-corrected chi connectivity index (χ2v) is 4.82. The van der Waals surface area contributed by atoms with Gasteiger partial charge in [0.05, 0.1) is 11.9 Å². The van der Waals surface area contributed by atoms with Crippen LogP contribution in [0.5, 0.6) is 0 Å². The van der Waals surface area contributed by atoms with E-state index in [1.165, 1.54) is 0 Å². The van der Waals surface area contributed by atoms with Crippen LogP contribution in [0.2, 0.25) is 0 Å². The fraction of sp³-hybridized carbons (Fsp3) is 0.0769. The molecule has 0 amide bonds. The van der Waals surface area contributed by atoms with Crippen LogP contribution in [0, 0.1) is 0 Å². The van der Waals surface area contributed by atoms with Crippen LogP contribution < -0.4 is 5.56 Å². The van der Waals surface area contributed by atoms with Crippen molar-refractivity contribution in [3.8, 4) is 0 Å². The molecule has 0 fully saturated rings. The highest BCUT2D eigenvalue weighted by Gasteiger charge is 2.06. The molecule has 0 atom stereocenters. The average molecular weight is 259 g/mol. The van der Waals surface area contributed by atoms with Crippen LogP contribution in [0.15, 0.2) is 45.1 Å². The molecule has 0 saturated carbocycles. The number of aromatic nitrogens is 1. The molecule has 0 aliphatic carbocycles. The molecule has 0 saturated heterocycles. The minimum atomic E-state index is -0.0437. The van der Waals surface area contributed by atoms with E-state index in [9.17, 15) is 9.59 Å². The first-order valence-corrected chi connectivity index (χ1v) is 6.26. The zero-order valence-corrected chi connectivity index (χ0v) is 10.1. The fourth-order valence-electron chi connectivity index (χ4n) is 1.84. The summed E-state index contributed by atoms with van der Waals surface area (Å²) in [5.41, 5.74) is -0.0437. The van der Waals surface area contributed by atoms with E-state index >= 15 is 0 Å². The van der Waals surface area contributed by atoms with Crippen molar-refractivity contribution < 1.29 is 9.21 Å². The molecule has 3 rings (SSSR count). The van der Waals surface area contributed by atoms with Gasteiger partial charge in [-0.3, -0.25) is 9.59 Å². The molecule has 3 heterocycles. The smallest absolute Gasteiger partial charge is 0.259 e. The maximum atomic E-state index is 12.1. The average Bonchev–Trinajstić information content (AvgIpc) is 3.01. The summed E-state index contributed by atoms with van der Waals surface area (Å²) >= 11 is 1.54. The van der Waals surface area contributed by atoms with Crippen LogP contribution in [-0.2, 0) is 6.54 Å². The van der Waals surface area contributed by atoms with E-state index < -0.39 is 0 Å². The van der Waals surface area contributed by atoms with Crippen molar-refractivity contribution in [3.63, 3.8) is 0 Å². The molecule has 0 aromatic carbocycles. The predicted octanol–water partition coefficient (Wildman–Crippen LogP) is 2.52. The van der Waals surface area contributed by atoms with Gasteiger partial charge in [-0.05, 0) is 29.6 Å². The standard InChI is InChI=1S/C13H9NO3S/c15-8-10-2-1-9(17-10)7-14-5-3-12-11(13(14)16)4-6-18-12/h1-6,8H,7H2. The lowest BCUT2D eigenvalue weighted by atomic mass is 10.3. The van der Waals surface area contributed by atoms with Gasteiger partial charge in [-0.2, -0.15) is 0 Å². The summed E-state index contributed by atoms with van der Waals surface area (Å²) in [4.78, 5) is 22.6. The summed E-state index contributed by atoms with van der Waals surface area (Å²) in [6, 6.07) is 7.02. The topological polar surface area (TPSA) is 52.2 Å². The molecule has 3 aromatic rings. The third kappa shape index (κ3) is 1.78. The highest BCUT2D eigenvalue weighted by Crippen LogP contribution is 2.16. The van der Waals surface area contributed by atoms with Crippen LogP contribution >= 0.6 is 11.3 Å². The number of pyridine rings is 1. The van der Waals surface area contributed by atoms with Crippen LogP contribution in [0.1, 0.15) is 16.3 Å². The zero-order chi connectivity index (χ0) is 12.5. The third-order valence-electron chi connectivity index (χ3n) is 2.72. The van der Waals surface area contributed by atoms with E-state index in [-0.39, 0.29) is 11.3 Å². The van der Waals surface area contributed by atoms with E-state index in [1.807, 2.05) is 17.5 Å². The number of carbonyl (C=O) groups is 1. The Morgan fingerprint density at radius 3 is 2.94 bits per heavy atom. The maximum absolute atomic E-state index is 12.1. The largest absolute Gasteiger partial charge is 0.456 e. The Morgan fingerprint density at radius 1 is 1.28 bits per heavy atom. The normalized spacial score (nSPS) is 10.9. The number of thiophene rings is 1. The number of hydrogen-bond acceptors (Lipinski definition) is 4. The van der Waals surface area contributed by atoms with Gasteiger partial charge in [0.15, 0.2) is 12.0 Å². The van der Waals surface area contributed by atoms with Crippen molar-refractivity contribution in [1.29, 1.82) is 0 Å². The van der Waals surface area contributed by atoms with Gasteiger partial charge in [0.2, 0.25) is 0 Å². The molecule has 0 aliphatic rings. The lowest BCUT2D eigenvalue weighted by Crippen LogP contribution is -2.19. The Kier molecular flexibility index (Phi) is 2.60. The van der Waals surface area contributed by atoms with Crippen molar-refractivity contribution in [2.45, 2.75) is 6.54 Å². The van der Waals surface area contributed by atoms with Crippen LogP contribution in [0.4, 0.5) is 0 Å². The summed E-state index contributed by atoms with van der Waals surface area (Å²) in [6.45, 7) is 0.332. The van der Waals surface area contributed by atoms with Gasteiger partial charge in [0, 0.05) is 10.9 Å². The van der Waals surface area contributed by atoms with Crippen LogP contribution in [0.25, 0.3) is 10.1 Å². The first-order valence-electron chi connectivity index (χ1n) is 5.38. The van der Waals surface area contributed by atoms with E-state index in [0.29, 0.717) is 24.0 Å². The summed E-state index contributed by atoms with van der Waals surface area (Å²) < 4.78 is 7.81. The number of carbonyl (C=O) groups excluding carboxylic acids is 1. The van der Waals surface area contributed by atoms with Gasteiger partial charge >= 0.3 is 0 Å². The van der Waals surface area contributed by atoms with Crippen LogP contribution in [0.3, 0.4) is 0 Å². The van der Waals surface area contributed by atoms with E-state index in [0.717, 1.165) is 4.70 Å². The summed E-state index contributed by atoms with van der Waals surface area (Å²) in [6.07, 6.45) is 2.39. The van der Waals surface area contributed by atoms with Crippen LogP contribution in [-0.4, -0.2) is 10.9 Å². The maximum Gasteiger partial charge on any atom is 0.259 e. The minimum absolute atomic E-state index is 0.0437. The number of nitrogens with zero attached hydrogens (tertiary/aromatic N) is 1. The highest BCUT2D eigenvalue weighted by atomic mass is 32.1. The molecule has 18 heavy (non-hydrogen) atoms. The number of aldehydes is 1. The van der Waals surface area contributed by atoms with E-state index in [4.69, 9.17) is 4.42 Å². The third-order valence-corrected chi connectivity index (χ3v) is 3.60. The fourth-order valence-corrected chi connectivity index (χ4v) is 2.61. The number of rotatable bonds is 3. The van der Waals surface area contributed by atoms with Crippen molar-refractivity contribution in [2.24, 2.45) is 0 Å². The first kappa shape index (κ1) is 11.0. The number of fused-ring (bicyclic) bond motifs is 1. The molecule has 4 nitrogen and oxygen atoms in total. The second kappa shape index (κ2) is 4.27. The van der Waals surface area contributed by atoms with Gasteiger partial charge in [-0.1, -0.05) is 0 Å². The number of hydrogen-bond donors (Lipinski definition) is 0. The number of furan rings is 1. The summed E-state index contributed by atoms with van der Waals surface area (Å²) in [5.74, 6) is 0.864. The van der Waals surface area contributed by atoms with Gasteiger partial charge in [0.25, 0.3) is 5.56 Å². The van der Waals surface area contributed by atoms with Crippen molar-refractivity contribution in [1.82, 2.24) is 4.57 Å². The Hall–Kier alpha value is -2.14. The molecule has 3 aromatic heterocycles. The molecule has 0 spiro atoms. The quantitative estimate of drug-likeness (QED) is 0.679. The molecular weight excluding hydrogens is 250 g/mol. The molecule has 0 bridgehead atoms. The zero-order valence-electron chi connectivity index (χ0n) is 9.33. The molecule has 90 valence electrons. The molecule has 0 aliphatic heterocycles. The highest BCUT2D eigenvalue weighted by molar-refractivity contribution is 7.17. The van der Waals surface area contributed by atoms with Gasteiger partial charge in [-0.25, -0.2) is 0 Å². The summed E-state index contributed by atoms with van der Waals surface area (Å²) in [5, 5.41) is 2.61. The Morgan fingerprint density at radius 2 is 2.17 bits per heavy atom. The van der Waals surface area contributed by atoms with Crippen molar-refractivity contribution >= 4 is 27.7 Å². The SMILES string of the molecule is O=Cc1ccc(Cn2ccc3sccc3c2=O)o1. The van der Waals surface area contributed by atoms with Crippen molar-refractivity contribution in [2.75, 3.05) is 0 Å². The van der Waals surface area contributed by atoms with Crippen molar-refractivity contribution in [3.05, 3.63) is 57.7 Å². The molecule has 0 radical (unpaired) electrons. The Bertz CT molecular complexity index is 766. The second-order valence-electron chi connectivity index (χ2n) is 3.87. The lowest BCUT2D eigenvalue weighted by Gasteiger charge is -2.02. The Balaban J connectivity index is 2.01. The lowest BCUT2D eigenvalue weighted by molar-refractivity contribution is 0.109. The minimum Gasteiger partial charge on any atom is -0.456 e. The summed E-state index contributed by atoms with van der Waals surface area (Å²) in [7, 11) is 0. The van der Waals surface area contributed by atoms with Gasteiger partial charge < -0.3 is 8.98 Å². The Labute approximate surface area is 106 Å². The molecule has 0 N–H and O–H groups in total. The van der Waals surface area contributed by atoms with E-state index in [2.05, 4.69) is 0 Å². The first-order chi connectivity index (χ1) is 8.78. The van der Waals surface area contributed by atoms with Gasteiger partial charge in [0.1, 0.15) is 5.76 Å². The molecule has 0 unspecified atom stereocenters.